The van der Waals surface area contributed by atoms with Crippen molar-refractivity contribution in [1.29, 1.82) is 0 Å². The van der Waals surface area contributed by atoms with Gasteiger partial charge in [0.15, 0.2) is 5.41 Å². The first-order chi connectivity index (χ1) is 11.6. The summed E-state index contributed by atoms with van der Waals surface area (Å²) >= 11 is 0. The van der Waals surface area contributed by atoms with Crippen molar-refractivity contribution in [3.05, 3.63) is 48.0 Å². The van der Waals surface area contributed by atoms with Crippen LogP contribution in [0.15, 0.2) is 42.5 Å². The van der Waals surface area contributed by atoms with Gasteiger partial charge in [-0.15, -0.1) is 0 Å². The van der Waals surface area contributed by atoms with Gasteiger partial charge < -0.3 is 9.47 Å². The molecule has 2 aromatic rings. The first-order valence-corrected chi connectivity index (χ1v) is 8.52. The van der Waals surface area contributed by atoms with E-state index < -0.39 is 23.6 Å². The van der Waals surface area contributed by atoms with Crippen LogP contribution in [-0.4, -0.2) is 11.9 Å². The Hall–Kier alpha value is -2.36. The molecule has 1 fully saturated rings. The highest BCUT2D eigenvalue weighted by atomic mass is 16.7. The van der Waals surface area contributed by atoms with Crippen LogP contribution in [0.5, 0.6) is 0 Å². The van der Waals surface area contributed by atoms with Crippen molar-refractivity contribution >= 4 is 22.7 Å². The third-order valence-corrected chi connectivity index (χ3v) is 4.64. The Balaban J connectivity index is 1.96. The average Bonchev–Trinajstić information content (AvgIpc) is 2.59. The quantitative estimate of drug-likeness (QED) is 0.598. The Bertz CT molecular complexity index is 734. The van der Waals surface area contributed by atoms with Crippen LogP contribution in [0.25, 0.3) is 10.8 Å². The molecule has 4 nitrogen and oxygen atoms in total. The average molecular weight is 326 g/mol. The number of cyclic esters (lactones) is 2. The zero-order valence-corrected chi connectivity index (χ0v) is 14.1. The molecule has 0 unspecified atom stereocenters. The maximum atomic E-state index is 12.7. The number of benzene rings is 2. The molecule has 1 aliphatic heterocycles. The monoisotopic (exact) mass is 326 g/mol. The van der Waals surface area contributed by atoms with E-state index in [0.717, 1.165) is 23.6 Å². The summed E-state index contributed by atoms with van der Waals surface area (Å²) in [5, 5.41) is 1.94. The van der Waals surface area contributed by atoms with E-state index >= 15 is 0 Å². The van der Waals surface area contributed by atoms with E-state index in [4.69, 9.17) is 9.47 Å². The molecular formula is C20H22O4. The highest BCUT2D eigenvalue weighted by Crippen LogP contribution is 2.41. The van der Waals surface area contributed by atoms with Gasteiger partial charge in [0.1, 0.15) is 0 Å². The van der Waals surface area contributed by atoms with Crippen molar-refractivity contribution in [2.45, 2.75) is 45.8 Å². The zero-order valence-electron chi connectivity index (χ0n) is 14.1. The predicted molar refractivity (Wildman–Crippen MR) is 91.1 cm³/mol. The number of hydrogen-bond acceptors (Lipinski definition) is 4. The van der Waals surface area contributed by atoms with Crippen LogP contribution in [0.2, 0.25) is 0 Å². The fourth-order valence-corrected chi connectivity index (χ4v) is 3.50. The molecule has 0 atom stereocenters. The van der Waals surface area contributed by atoms with Gasteiger partial charge in [-0.3, -0.25) is 9.59 Å². The highest BCUT2D eigenvalue weighted by Gasteiger charge is 2.52. The molecule has 0 spiro atoms. The van der Waals surface area contributed by atoms with E-state index in [1.165, 1.54) is 0 Å². The van der Waals surface area contributed by atoms with Crippen LogP contribution in [-0.2, 0) is 19.1 Å². The largest absolute Gasteiger partial charge is 0.420 e. The highest BCUT2D eigenvalue weighted by molar-refractivity contribution is 6.01. The molecule has 1 aliphatic rings. The number of esters is 2. The molecule has 24 heavy (non-hydrogen) atoms. The summed E-state index contributed by atoms with van der Waals surface area (Å²) in [6, 6.07) is 13.5. The maximum Gasteiger partial charge on any atom is 0.326 e. The summed E-state index contributed by atoms with van der Waals surface area (Å²) < 4.78 is 11.2. The van der Waals surface area contributed by atoms with Crippen LogP contribution in [0.1, 0.15) is 51.4 Å². The van der Waals surface area contributed by atoms with Crippen molar-refractivity contribution in [2.24, 2.45) is 5.41 Å². The third-order valence-electron chi connectivity index (χ3n) is 4.64. The molecule has 3 rings (SSSR count). The van der Waals surface area contributed by atoms with Crippen molar-refractivity contribution in [3.63, 3.8) is 0 Å². The molecule has 4 heteroatoms. The summed E-state index contributed by atoms with van der Waals surface area (Å²) in [6.45, 7) is 3.91. The molecule has 126 valence electrons. The summed E-state index contributed by atoms with van der Waals surface area (Å²) in [5.41, 5.74) is -0.443. The van der Waals surface area contributed by atoms with Crippen LogP contribution >= 0.6 is 0 Å². The van der Waals surface area contributed by atoms with Crippen molar-refractivity contribution < 1.29 is 19.1 Å². The first kappa shape index (κ1) is 16.5. The van der Waals surface area contributed by atoms with Gasteiger partial charge >= 0.3 is 11.9 Å². The SMILES string of the molecule is CCCC1(CCC)C(=O)OC(c2cccc3ccccc23)OC1=O. The van der Waals surface area contributed by atoms with Crippen molar-refractivity contribution in [2.75, 3.05) is 0 Å². The molecule has 0 saturated carbocycles. The van der Waals surface area contributed by atoms with E-state index in [2.05, 4.69) is 0 Å². The Kier molecular flexibility index (Phi) is 4.56. The minimum atomic E-state index is -1.15. The third kappa shape index (κ3) is 2.66. The van der Waals surface area contributed by atoms with E-state index in [9.17, 15) is 9.59 Å². The number of carbonyl (C=O) groups excluding carboxylic acids is 2. The number of fused-ring (bicyclic) bond motifs is 1. The second-order valence-electron chi connectivity index (χ2n) is 6.29. The Morgan fingerprint density at radius 1 is 0.875 bits per heavy atom. The van der Waals surface area contributed by atoms with Gasteiger partial charge in [-0.1, -0.05) is 69.2 Å². The molecule has 2 aromatic carbocycles. The number of rotatable bonds is 5. The van der Waals surface area contributed by atoms with Crippen molar-refractivity contribution in [1.82, 2.24) is 0 Å². The van der Waals surface area contributed by atoms with Crippen LogP contribution in [0.3, 0.4) is 0 Å². The van der Waals surface area contributed by atoms with Crippen LogP contribution in [0, 0.1) is 5.41 Å². The minimum absolute atomic E-state index is 0.458. The number of carbonyl (C=O) groups is 2. The summed E-state index contributed by atoms with van der Waals surface area (Å²) in [7, 11) is 0. The lowest BCUT2D eigenvalue weighted by Gasteiger charge is -2.36. The second-order valence-corrected chi connectivity index (χ2v) is 6.29. The summed E-state index contributed by atoms with van der Waals surface area (Å²) in [4.78, 5) is 25.4. The van der Waals surface area contributed by atoms with E-state index in [0.29, 0.717) is 18.4 Å². The number of hydrogen-bond donors (Lipinski definition) is 0. The van der Waals surface area contributed by atoms with Gasteiger partial charge in [0.2, 0.25) is 0 Å². The molecular weight excluding hydrogens is 304 g/mol. The van der Waals surface area contributed by atoms with Gasteiger partial charge in [-0.05, 0) is 23.6 Å². The van der Waals surface area contributed by atoms with Gasteiger partial charge in [-0.2, -0.15) is 0 Å². The predicted octanol–water partition coefficient (Wildman–Crippen LogP) is 4.53. The van der Waals surface area contributed by atoms with Gasteiger partial charge in [0, 0.05) is 5.56 Å². The maximum absolute atomic E-state index is 12.7. The zero-order chi connectivity index (χ0) is 17.2. The number of ether oxygens (including phenoxy) is 2. The lowest BCUT2D eigenvalue weighted by atomic mass is 9.78. The first-order valence-electron chi connectivity index (χ1n) is 8.52. The van der Waals surface area contributed by atoms with Gasteiger partial charge in [0.05, 0.1) is 0 Å². The summed E-state index contributed by atoms with van der Waals surface area (Å²) in [6.07, 6.45) is 1.39. The second kappa shape index (κ2) is 6.63. The lowest BCUT2D eigenvalue weighted by molar-refractivity contribution is -0.226. The van der Waals surface area contributed by atoms with Gasteiger partial charge in [-0.25, -0.2) is 0 Å². The van der Waals surface area contributed by atoms with Crippen LogP contribution < -0.4 is 0 Å². The molecule has 0 N–H and O–H groups in total. The van der Waals surface area contributed by atoms with E-state index in [-0.39, 0.29) is 0 Å². The normalized spacial score (nSPS) is 17.6. The molecule has 0 aliphatic carbocycles. The Morgan fingerprint density at radius 2 is 1.46 bits per heavy atom. The molecule has 0 aromatic heterocycles. The fourth-order valence-electron chi connectivity index (χ4n) is 3.50. The smallest absolute Gasteiger partial charge is 0.326 e. The van der Waals surface area contributed by atoms with E-state index in [1.807, 2.05) is 56.3 Å². The molecule has 0 amide bonds. The van der Waals surface area contributed by atoms with E-state index in [1.54, 1.807) is 0 Å². The fraction of sp³-hybridized carbons (Fsp3) is 0.400. The lowest BCUT2D eigenvalue weighted by Crippen LogP contribution is -2.47. The molecule has 0 radical (unpaired) electrons. The van der Waals surface area contributed by atoms with Gasteiger partial charge in [0.25, 0.3) is 6.29 Å². The van der Waals surface area contributed by atoms with Crippen LogP contribution in [0.4, 0.5) is 0 Å². The topological polar surface area (TPSA) is 52.6 Å². The molecule has 1 saturated heterocycles. The standard InChI is InChI=1S/C20H22O4/c1-3-12-20(13-4-2)18(21)23-17(24-19(20)22)16-11-7-9-14-8-5-6-10-15(14)16/h5-11,17H,3-4,12-13H2,1-2H3. The van der Waals surface area contributed by atoms with Crippen molar-refractivity contribution in [3.8, 4) is 0 Å². The minimum Gasteiger partial charge on any atom is -0.420 e. The Labute approximate surface area is 141 Å². The molecule has 0 bridgehead atoms. The molecule has 1 heterocycles. The summed E-state index contributed by atoms with van der Waals surface area (Å²) in [5.74, 6) is -0.916. The Morgan fingerprint density at radius 3 is 2.08 bits per heavy atom.